The fourth-order valence-corrected chi connectivity index (χ4v) is 0.986. The maximum absolute atomic E-state index is 13.2. The van der Waals surface area contributed by atoms with Gasteiger partial charge in [-0.2, -0.15) is 0 Å². The zero-order valence-electron chi connectivity index (χ0n) is 8.12. The minimum absolute atomic E-state index is 0.0983. The van der Waals surface area contributed by atoms with Crippen LogP contribution < -0.4 is 10.5 Å². The van der Waals surface area contributed by atoms with Crippen molar-refractivity contribution in [2.45, 2.75) is 6.92 Å². The van der Waals surface area contributed by atoms with Crippen LogP contribution in [0.4, 0.5) is 4.39 Å². The van der Waals surface area contributed by atoms with Gasteiger partial charge >= 0.3 is 0 Å². The van der Waals surface area contributed by atoms with Crippen molar-refractivity contribution in [2.75, 3.05) is 6.61 Å². The number of benzene rings is 1. The molecule has 0 bridgehead atoms. The highest BCUT2D eigenvalue weighted by molar-refractivity contribution is 5.94. The van der Waals surface area contributed by atoms with Gasteiger partial charge in [-0.1, -0.05) is 0 Å². The number of hydrogen-bond acceptors (Lipinski definition) is 3. The van der Waals surface area contributed by atoms with Crippen LogP contribution in [-0.4, -0.2) is 18.3 Å². The van der Waals surface area contributed by atoms with Crippen molar-refractivity contribution >= 4 is 11.7 Å². The lowest BCUT2D eigenvalue weighted by molar-refractivity contribution is -0.120. The molecule has 1 aromatic rings. The van der Waals surface area contributed by atoms with Gasteiger partial charge in [-0.05, 0) is 25.1 Å². The van der Waals surface area contributed by atoms with E-state index in [2.05, 4.69) is 0 Å². The Labute approximate surface area is 85.8 Å². The molecular weight excluding hydrogens is 201 g/mol. The lowest BCUT2D eigenvalue weighted by Crippen LogP contribution is -2.20. The molecule has 1 amide bonds. The largest absolute Gasteiger partial charge is 0.481 e. The normalized spacial score (nSPS) is 9.73. The fraction of sp³-hybridized carbons (Fsp3) is 0.200. The molecule has 0 spiro atoms. The standard InChI is InChI=1S/C10H10FNO3/c1-6(13)7-2-3-9(8(11)4-7)15-5-10(12)14/h2-4H,5H2,1H3,(H2,12,14). The molecule has 80 valence electrons. The van der Waals surface area contributed by atoms with Gasteiger partial charge in [0.05, 0.1) is 0 Å². The van der Waals surface area contributed by atoms with Crippen molar-refractivity contribution in [3.63, 3.8) is 0 Å². The van der Waals surface area contributed by atoms with E-state index in [9.17, 15) is 14.0 Å². The molecule has 0 saturated carbocycles. The molecule has 5 heteroatoms. The quantitative estimate of drug-likeness (QED) is 0.752. The molecule has 0 aliphatic heterocycles. The predicted octanol–water partition coefficient (Wildman–Crippen LogP) is 0.892. The monoisotopic (exact) mass is 211 g/mol. The predicted molar refractivity (Wildman–Crippen MR) is 51.1 cm³/mol. The van der Waals surface area contributed by atoms with Crippen LogP contribution >= 0.6 is 0 Å². The van der Waals surface area contributed by atoms with Gasteiger partial charge in [0.15, 0.2) is 24.0 Å². The van der Waals surface area contributed by atoms with E-state index < -0.39 is 18.3 Å². The second-order valence-corrected chi connectivity index (χ2v) is 2.96. The molecule has 1 rings (SSSR count). The van der Waals surface area contributed by atoms with Gasteiger partial charge in [0, 0.05) is 5.56 Å². The van der Waals surface area contributed by atoms with Crippen molar-refractivity contribution in [3.05, 3.63) is 29.6 Å². The van der Waals surface area contributed by atoms with Gasteiger partial charge in [0.2, 0.25) is 0 Å². The third kappa shape index (κ3) is 3.05. The summed E-state index contributed by atoms with van der Waals surface area (Å²) in [5.74, 6) is -1.72. The number of rotatable bonds is 4. The number of primary amides is 1. The van der Waals surface area contributed by atoms with Crippen molar-refractivity contribution in [3.8, 4) is 5.75 Å². The smallest absolute Gasteiger partial charge is 0.255 e. The Hall–Kier alpha value is -1.91. The summed E-state index contributed by atoms with van der Waals surface area (Å²) in [7, 11) is 0. The second-order valence-electron chi connectivity index (χ2n) is 2.96. The molecule has 0 atom stereocenters. The Kier molecular flexibility index (Phi) is 3.38. The summed E-state index contributed by atoms with van der Waals surface area (Å²) >= 11 is 0. The maximum Gasteiger partial charge on any atom is 0.255 e. The molecule has 15 heavy (non-hydrogen) atoms. The number of hydrogen-bond donors (Lipinski definition) is 1. The van der Waals surface area contributed by atoms with Gasteiger partial charge in [-0.3, -0.25) is 9.59 Å². The van der Waals surface area contributed by atoms with E-state index in [1.54, 1.807) is 0 Å². The number of carbonyl (C=O) groups is 2. The van der Waals surface area contributed by atoms with E-state index in [0.29, 0.717) is 0 Å². The molecule has 0 radical (unpaired) electrons. The van der Waals surface area contributed by atoms with Crippen LogP contribution in [-0.2, 0) is 4.79 Å². The lowest BCUT2D eigenvalue weighted by atomic mass is 10.1. The van der Waals surface area contributed by atoms with Crippen LogP contribution in [0.15, 0.2) is 18.2 Å². The van der Waals surface area contributed by atoms with E-state index in [4.69, 9.17) is 10.5 Å². The molecule has 2 N–H and O–H groups in total. The van der Waals surface area contributed by atoms with Crippen molar-refractivity contribution in [1.29, 1.82) is 0 Å². The third-order valence-corrected chi connectivity index (χ3v) is 1.71. The highest BCUT2D eigenvalue weighted by Gasteiger charge is 2.08. The first kappa shape index (κ1) is 11.2. The molecule has 0 aliphatic carbocycles. The summed E-state index contributed by atoms with van der Waals surface area (Å²) in [6, 6.07) is 3.76. The fourth-order valence-electron chi connectivity index (χ4n) is 0.986. The molecule has 0 saturated heterocycles. The topological polar surface area (TPSA) is 69.4 Å². The highest BCUT2D eigenvalue weighted by atomic mass is 19.1. The van der Waals surface area contributed by atoms with E-state index >= 15 is 0 Å². The Morgan fingerprint density at radius 2 is 2.13 bits per heavy atom. The summed E-state index contributed by atoms with van der Waals surface area (Å²) in [5, 5.41) is 0. The number of Topliss-reactive ketones (excluding diaryl/α,β-unsaturated/α-hetero) is 1. The highest BCUT2D eigenvalue weighted by Crippen LogP contribution is 2.18. The number of nitrogens with two attached hydrogens (primary N) is 1. The summed E-state index contributed by atoms with van der Waals surface area (Å²) in [6.07, 6.45) is 0. The first-order chi connectivity index (χ1) is 7.00. The first-order valence-corrected chi connectivity index (χ1v) is 4.22. The Bertz CT molecular complexity index is 404. The van der Waals surface area contributed by atoms with Gasteiger partial charge in [0.1, 0.15) is 0 Å². The van der Waals surface area contributed by atoms with Gasteiger partial charge < -0.3 is 10.5 Å². The number of carbonyl (C=O) groups excluding carboxylic acids is 2. The first-order valence-electron chi connectivity index (χ1n) is 4.22. The van der Waals surface area contributed by atoms with E-state index in [1.807, 2.05) is 0 Å². The summed E-state index contributed by atoms with van der Waals surface area (Å²) in [4.78, 5) is 21.3. The Balaban J connectivity index is 2.83. The molecular formula is C10H10FNO3. The summed E-state index contributed by atoms with van der Waals surface area (Å²) in [5.41, 5.74) is 5.08. The zero-order valence-corrected chi connectivity index (χ0v) is 8.12. The van der Waals surface area contributed by atoms with Crippen LogP contribution in [0.1, 0.15) is 17.3 Å². The average molecular weight is 211 g/mol. The number of ketones is 1. The van der Waals surface area contributed by atoms with Gasteiger partial charge in [-0.15, -0.1) is 0 Å². The third-order valence-electron chi connectivity index (χ3n) is 1.71. The average Bonchev–Trinajstić information content (AvgIpc) is 2.15. The van der Waals surface area contributed by atoms with Crippen molar-refractivity contribution in [1.82, 2.24) is 0 Å². The summed E-state index contributed by atoms with van der Waals surface area (Å²) in [6.45, 7) is 0.940. The molecule has 0 fully saturated rings. The van der Waals surface area contributed by atoms with E-state index in [1.165, 1.54) is 19.1 Å². The molecule has 0 aromatic heterocycles. The summed E-state index contributed by atoms with van der Waals surface area (Å²) < 4.78 is 18.0. The minimum Gasteiger partial charge on any atom is -0.481 e. The van der Waals surface area contributed by atoms with Crippen LogP contribution in [0.3, 0.4) is 0 Å². The number of ether oxygens (including phenoxy) is 1. The molecule has 4 nitrogen and oxygen atoms in total. The van der Waals surface area contributed by atoms with Gasteiger partial charge in [-0.25, -0.2) is 4.39 Å². The zero-order chi connectivity index (χ0) is 11.4. The lowest BCUT2D eigenvalue weighted by Gasteiger charge is -2.05. The number of halogens is 1. The van der Waals surface area contributed by atoms with E-state index in [0.717, 1.165) is 6.07 Å². The second kappa shape index (κ2) is 4.54. The molecule has 0 heterocycles. The Morgan fingerprint density at radius 1 is 1.47 bits per heavy atom. The van der Waals surface area contributed by atoms with Gasteiger partial charge in [0.25, 0.3) is 5.91 Å². The van der Waals surface area contributed by atoms with Crippen LogP contribution in [0.2, 0.25) is 0 Å². The van der Waals surface area contributed by atoms with Crippen molar-refractivity contribution < 1.29 is 18.7 Å². The van der Waals surface area contributed by atoms with Crippen molar-refractivity contribution in [2.24, 2.45) is 5.73 Å². The maximum atomic E-state index is 13.2. The van der Waals surface area contributed by atoms with Crippen LogP contribution in [0, 0.1) is 5.82 Å². The molecule has 0 aliphatic rings. The van der Waals surface area contributed by atoms with Crippen LogP contribution in [0.25, 0.3) is 0 Å². The Morgan fingerprint density at radius 3 is 2.60 bits per heavy atom. The minimum atomic E-state index is -0.691. The SMILES string of the molecule is CC(=O)c1ccc(OCC(N)=O)c(F)c1. The van der Waals surface area contributed by atoms with E-state index in [-0.39, 0.29) is 17.1 Å². The molecule has 1 aromatic carbocycles. The number of amides is 1. The van der Waals surface area contributed by atoms with Crippen LogP contribution in [0.5, 0.6) is 5.75 Å². The molecule has 0 unspecified atom stereocenters.